The molecule has 0 bridgehead atoms. The highest BCUT2D eigenvalue weighted by Crippen LogP contribution is 2.28. The van der Waals surface area contributed by atoms with E-state index >= 15 is 0 Å². The van der Waals surface area contributed by atoms with E-state index in [1.165, 1.54) is 0 Å². The second-order valence-electron chi connectivity index (χ2n) is 4.78. The molecule has 0 spiro atoms. The topological polar surface area (TPSA) is 24.9 Å². The number of hydrogen-bond acceptors (Lipinski definition) is 2. The molecule has 2 unspecified atom stereocenters. The van der Waals surface area contributed by atoms with Gasteiger partial charge in [0.1, 0.15) is 0 Å². The minimum absolute atomic E-state index is 0.176. The summed E-state index contributed by atoms with van der Waals surface area (Å²) in [6.45, 7) is 4.26. The van der Waals surface area contributed by atoms with Gasteiger partial charge in [0.05, 0.1) is 15.7 Å². The van der Waals surface area contributed by atoms with Crippen molar-refractivity contribution in [3.05, 3.63) is 63.9 Å². The zero-order valence-electron chi connectivity index (χ0n) is 11.6. The maximum Gasteiger partial charge on any atom is 0.0595 e. The summed E-state index contributed by atoms with van der Waals surface area (Å²) in [5.74, 6) is 0. The molecule has 2 nitrogen and oxygen atoms in total. The van der Waals surface area contributed by atoms with Crippen LogP contribution in [-0.4, -0.2) is 4.98 Å². The van der Waals surface area contributed by atoms with Crippen LogP contribution in [0.5, 0.6) is 0 Å². The standard InChI is InChI=1S/C16H18Cl2N2/c1-3-15(12-7-8-13(17)14(18)10-12)20-11(2)16-6-4-5-9-19-16/h4-11,15,20H,3H2,1-2H3. The van der Waals surface area contributed by atoms with Gasteiger partial charge in [-0.25, -0.2) is 0 Å². The monoisotopic (exact) mass is 308 g/mol. The Morgan fingerprint density at radius 2 is 1.95 bits per heavy atom. The molecule has 0 saturated carbocycles. The summed E-state index contributed by atoms with van der Waals surface area (Å²) in [7, 11) is 0. The van der Waals surface area contributed by atoms with Gasteiger partial charge in [0.25, 0.3) is 0 Å². The lowest BCUT2D eigenvalue weighted by molar-refractivity contribution is 0.450. The Morgan fingerprint density at radius 3 is 2.55 bits per heavy atom. The van der Waals surface area contributed by atoms with Gasteiger partial charge in [-0.3, -0.25) is 4.98 Å². The molecule has 1 N–H and O–H groups in total. The van der Waals surface area contributed by atoms with Crippen LogP contribution in [0.2, 0.25) is 10.0 Å². The molecule has 0 radical (unpaired) electrons. The molecule has 2 atom stereocenters. The van der Waals surface area contributed by atoms with Crippen molar-refractivity contribution in [1.82, 2.24) is 10.3 Å². The van der Waals surface area contributed by atoms with E-state index in [4.69, 9.17) is 23.2 Å². The van der Waals surface area contributed by atoms with Crippen LogP contribution in [0.25, 0.3) is 0 Å². The third-order valence-electron chi connectivity index (χ3n) is 3.34. The average molecular weight is 309 g/mol. The largest absolute Gasteiger partial charge is 0.302 e. The molecule has 0 amide bonds. The summed E-state index contributed by atoms with van der Waals surface area (Å²) < 4.78 is 0. The van der Waals surface area contributed by atoms with Crippen LogP contribution in [0.3, 0.4) is 0 Å². The number of pyridine rings is 1. The van der Waals surface area contributed by atoms with Gasteiger partial charge in [-0.1, -0.05) is 42.3 Å². The Bertz CT molecular complexity index is 558. The Hall–Kier alpha value is -1.09. The Kier molecular flexibility index (Phi) is 5.41. The molecular weight excluding hydrogens is 291 g/mol. The number of nitrogens with one attached hydrogen (secondary N) is 1. The van der Waals surface area contributed by atoms with E-state index in [0.29, 0.717) is 10.0 Å². The first-order valence-corrected chi connectivity index (χ1v) is 7.49. The van der Waals surface area contributed by atoms with E-state index in [0.717, 1.165) is 17.7 Å². The third-order valence-corrected chi connectivity index (χ3v) is 4.08. The minimum Gasteiger partial charge on any atom is -0.302 e. The molecule has 1 heterocycles. The predicted molar refractivity (Wildman–Crippen MR) is 85.3 cm³/mol. The van der Waals surface area contributed by atoms with Crippen molar-refractivity contribution in [2.45, 2.75) is 32.4 Å². The zero-order valence-corrected chi connectivity index (χ0v) is 13.1. The number of benzene rings is 1. The normalized spacial score (nSPS) is 14.0. The first-order valence-electron chi connectivity index (χ1n) is 6.73. The van der Waals surface area contributed by atoms with Crippen molar-refractivity contribution in [3.63, 3.8) is 0 Å². The van der Waals surface area contributed by atoms with Gasteiger partial charge < -0.3 is 5.32 Å². The van der Waals surface area contributed by atoms with Crippen molar-refractivity contribution in [2.24, 2.45) is 0 Å². The maximum atomic E-state index is 6.10. The fourth-order valence-electron chi connectivity index (χ4n) is 2.20. The molecule has 2 aromatic rings. The molecule has 0 fully saturated rings. The second-order valence-corrected chi connectivity index (χ2v) is 5.59. The van der Waals surface area contributed by atoms with E-state index in [1.807, 2.05) is 42.6 Å². The first-order chi connectivity index (χ1) is 9.61. The summed E-state index contributed by atoms with van der Waals surface area (Å²) in [5.41, 5.74) is 2.18. The van der Waals surface area contributed by atoms with Gasteiger partial charge in [0.2, 0.25) is 0 Å². The van der Waals surface area contributed by atoms with Crippen molar-refractivity contribution in [1.29, 1.82) is 0 Å². The SMILES string of the molecule is CCC(NC(C)c1ccccn1)c1ccc(Cl)c(Cl)c1. The van der Waals surface area contributed by atoms with Crippen LogP contribution < -0.4 is 5.32 Å². The van der Waals surface area contributed by atoms with Crippen molar-refractivity contribution < 1.29 is 0 Å². The molecule has 0 aliphatic heterocycles. The number of aromatic nitrogens is 1. The average Bonchev–Trinajstić information content (AvgIpc) is 2.48. The molecule has 106 valence electrons. The summed E-state index contributed by atoms with van der Waals surface area (Å²) >= 11 is 12.1. The number of rotatable bonds is 5. The molecule has 20 heavy (non-hydrogen) atoms. The van der Waals surface area contributed by atoms with Crippen LogP contribution in [-0.2, 0) is 0 Å². The molecule has 2 rings (SSSR count). The lowest BCUT2D eigenvalue weighted by Crippen LogP contribution is -2.24. The zero-order chi connectivity index (χ0) is 14.5. The molecule has 0 aliphatic carbocycles. The van der Waals surface area contributed by atoms with Crippen LogP contribution in [0, 0.1) is 0 Å². The van der Waals surface area contributed by atoms with E-state index in [-0.39, 0.29) is 12.1 Å². The van der Waals surface area contributed by atoms with E-state index in [9.17, 15) is 0 Å². The van der Waals surface area contributed by atoms with Crippen molar-refractivity contribution >= 4 is 23.2 Å². The smallest absolute Gasteiger partial charge is 0.0595 e. The third kappa shape index (κ3) is 3.72. The highest BCUT2D eigenvalue weighted by Gasteiger charge is 2.15. The highest BCUT2D eigenvalue weighted by molar-refractivity contribution is 6.42. The quantitative estimate of drug-likeness (QED) is 0.822. The Balaban J connectivity index is 2.14. The minimum atomic E-state index is 0.176. The molecule has 4 heteroatoms. The van der Waals surface area contributed by atoms with E-state index in [1.54, 1.807) is 0 Å². The number of halogens is 2. The lowest BCUT2D eigenvalue weighted by Gasteiger charge is -2.22. The van der Waals surface area contributed by atoms with Crippen molar-refractivity contribution in [3.8, 4) is 0 Å². The molecule has 1 aromatic heterocycles. The number of hydrogen-bond donors (Lipinski definition) is 1. The first kappa shape index (κ1) is 15.3. The summed E-state index contributed by atoms with van der Waals surface area (Å²) in [6, 6.07) is 12.1. The summed E-state index contributed by atoms with van der Waals surface area (Å²) in [5, 5.41) is 4.76. The van der Waals surface area contributed by atoms with Crippen molar-refractivity contribution in [2.75, 3.05) is 0 Å². The Labute approximate surface area is 130 Å². The lowest BCUT2D eigenvalue weighted by atomic mass is 10.0. The number of nitrogens with zero attached hydrogens (tertiary/aromatic N) is 1. The molecule has 1 aromatic carbocycles. The fourth-order valence-corrected chi connectivity index (χ4v) is 2.50. The molecule has 0 saturated heterocycles. The van der Waals surface area contributed by atoms with Gasteiger partial charge in [-0.05, 0) is 43.2 Å². The van der Waals surface area contributed by atoms with Crippen LogP contribution >= 0.6 is 23.2 Å². The van der Waals surface area contributed by atoms with Gasteiger partial charge in [0, 0.05) is 18.3 Å². The highest BCUT2D eigenvalue weighted by atomic mass is 35.5. The predicted octanol–water partition coefficient (Wildman–Crippen LogP) is 5.19. The second kappa shape index (κ2) is 7.07. The summed E-state index contributed by atoms with van der Waals surface area (Å²) in [4.78, 5) is 4.38. The van der Waals surface area contributed by atoms with Crippen LogP contribution in [0.15, 0.2) is 42.6 Å². The van der Waals surface area contributed by atoms with E-state index < -0.39 is 0 Å². The molecule has 0 aliphatic rings. The van der Waals surface area contributed by atoms with Crippen LogP contribution in [0.1, 0.15) is 43.6 Å². The van der Waals surface area contributed by atoms with Gasteiger partial charge in [0.15, 0.2) is 0 Å². The maximum absolute atomic E-state index is 6.10. The molecular formula is C16H18Cl2N2. The fraction of sp³-hybridized carbons (Fsp3) is 0.312. The van der Waals surface area contributed by atoms with Gasteiger partial charge >= 0.3 is 0 Å². The Morgan fingerprint density at radius 1 is 1.15 bits per heavy atom. The van der Waals surface area contributed by atoms with E-state index in [2.05, 4.69) is 24.1 Å². The summed E-state index contributed by atoms with van der Waals surface area (Å²) in [6.07, 6.45) is 2.78. The van der Waals surface area contributed by atoms with Gasteiger partial charge in [-0.2, -0.15) is 0 Å². The van der Waals surface area contributed by atoms with Crippen LogP contribution in [0.4, 0.5) is 0 Å². The van der Waals surface area contributed by atoms with Gasteiger partial charge in [-0.15, -0.1) is 0 Å².